The summed E-state index contributed by atoms with van der Waals surface area (Å²) in [6.07, 6.45) is 4.87. The highest BCUT2D eigenvalue weighted by atomic mass is 32.2. The molecule has 0 saturated carbocycles. The van der Waals surface area contributed by atoms with Crippen molar-refractivity contribution in [2.45, 2.75) is 17.0 Å². The van der Waals surface area contributed by atoms with Crippen LogP contribution in [0.15, 0.2) is 54.3 Å². The molecule has 2 rings (SSSR count). The first-order valence-electron chi connectivity index (χ1n) is 5.63. The predicted molar refractivity (Wildman–Crippen MR) is 72.0 cm³/mol. The molecule has 0 bridgehead atoms. The topological polar surface area (TPSA) is 86.2 Å². The summed E-state index contributed by atoms with van der Waals surface area (Å²) in [6, 6.07) is 9.01. The van der Waals surface area contributed by atoms with E-state index >= 15 is 0 Å². The second-order valence-corrected chi connectivity index (χ2v) is 6.72. The summed E-state index contributed by atoms with van der Waals surface area (Å²) in [7, 11) is -3.47. The van der Waals surface area contributed by atoms with Crippen LogP contribution in [-0.4, -0.2) is 13.3 Å². The Morgan fingerprint density at radius 2 is 1.89 bits per heavy atom. The van der Waals surface area contributed by atoms with E-state index < -0.39 is 14.7 Å². The standard InChI is InChI=1S/C13H16N2O2S/c14-12-6-8-13(15,9-7-12)18(16,17)10-11-4-2-1-3-5-11/h1-8H,9-10,14-15H2. The van der Waals surface area contributed by atoms with Gasteiger partial charge in [-0.15, -0.1) is 0 Å². The molecule has 1 aliphatic carbocycles. The van der Waals surface area contributed by atoms with Gasteiger partial charge in [0.2, 0.25) is 0 Å². The molecule has 4 N–H and O–H groups in total. The Kier molecular flexibility index (Phi) is 3.28. The van der Waals surface area contributed by atoms with Gasteiger partial charge in [-0.2, -0.15) is 0 Å². The lowest BCUT2D eigenvalue weighted by molar-refractivity contribution is 0.554. The van der Waals surface area contributed by atoms with Gasteiger partial charge in [0.1, 0.15) is 4.87 Å². The lowest BCUT2D eigenvalue weighted by atomic mass is 10.1. The fourth-order valence-electron chi connectivity index (χ4n) is 1.81. The summed E-state index contributed by atoms with van der Waals surface area (Å²) >= 11 is 0. The van der Waals surface area contributed by atoms with E-state index in [2.05, 4.69) is 0 Å². The van der Waals surface area contributed by atoms with Crippen molar-refractivity contribution in [1.29, 1.82) is 0 Å². The average molecular weight is 264 g/mol. The molecule has 1 aromatic carbocycles. The van der Waals surface area contributed by atoms with Crippen LogP contribution in [0.3, 0.4) is 0 Å². The minimum Gasteiger partial charge on any atom is -0.399 e. The van der Waals surface area contributed by atoms with E-state index in [1.807, 2.05) is 18.2 Å². The highest BCUT2D eigenvalue weighted by Crippen LogP contribution is 2.26. The molecular formula is C13H16N2O2S. The van der Waals surface area contributed by atoms with E-state index in [0.717, 1.165) is 5.56 Å². The van der Waals surface area contributed by atoms with Crippen LogP contribution in [0.1, 0.15) is 12.0 Å². The number of rotatable bonds is 3. The summed E-state index contributed by atoms with van der Waals surface area (Å²) in [6.45, 7) is 0. The van der Waals surface area contributed by atoms with Gasteiger partial charge in [0.25, 0.3) is 0 Å². The van der Waals surface area contributed by atoms with Crippen molar-refractivity contribution in [2.24, 2.45) is 11.5 Å². The van der Waals surface area contributed by atoms with Crippen molar-refractivity contribution in [3.8, 4) is 0 Å². The fraction of sp³-hybridized carbons (Fsp3) is 0.231. The van der Waals surface area contributed by atoms with E-state index in [1.54, 1.807) is 24.3 Å². The number of allylic oxidation sites excluding steroid dienone is 1. The van der Waals surface area contributed by atoms with Gasteiger partial charge in [0, 0.05) is 12.1 Å². The highest BCUT2D eigenvalue weighted by molar-refractivity contribution is 7.92. The first-order chi connectivity index (χ1) is 8.43. The van der Waals surface area contributed by atoms with Crippen LogP contribution < -0.4 is 11.5 Å². The smallest absolute Gasteiger partial charge is 0.176 e. The maximum Gasteiger partial charge on any atom is 0.176 e. The Morgan fingerprint density at radius 1 is 1.22 bits per heavy atom. The van der Waals surface area contributed by atoms with Crippen molar-refractivity contribution in [1.82, 2.24) is 0 Å². The second kappa shape index (κ2) is 4.59. The molecule has 96 valence electrons. The number of nitrogens with two attached hydrogens (primary N) is 2. The quantitative estimate of drug-likeness (QED) is 0.854. The highest BCUT2D eigenvalue weighted by Gasteiger charge is 2.37. The summed E-state index contributed by atoms with van der Waals surface area (Å²) < 4.78 is 24.7. The van der Waals surface area contributed by atoms with Crippen LogP contribution in [0.5, 0.6) is 0 Å². The number of sulfone groups is 1. The molecule has 0 fully saturated rings. The SMILES string of the molecule is NC1=CCC(N)(S(=O)(=O)Cc2ccccc2)C=C1. The zero-order valence-corrected chi connectivity index (χ0v) is 10.7. The number of hydrogen-bond acceptors (Lipinski definition) is 4. The molecule has 1 atom stereocenters. The second-order valence-electron chi connectivity index (χ2n) is 4.44. The van der Waals surface area contributed by atoms with Crippen LogP contribution in [0.25, 0.3) is 0 Å². The Bertz CT molecular complexity index is 591. The lowest BCUT2D eigenvalue weighted by Crippen LogP contribution is -2.47. The van der Waals surface area contributed by atoms with Crippen LogP contribution in [0, 0.1) is 0 Å². The normalized spacial score (nSPS) is 23.7. The van der Waals surface area contributed by atoms with Crippen molar-refractivity contribution in [3.05, 3.63) is 59.8 Å². The molecule has 1 aromatic rings. The van der Waals surface area contributed by atoms with E-state index in [0.29, 0.717) is 5.70 Å². The summed E-state index contributed by atoms with van der Waals surface area (Å²) in [5.41, 5.74) is 12.8. The Balaban J connectivity index is 2.25. The molecule has 0 aromatic heterocycles. The number of benzene rings is 1. The van der Waals surface area contributed by atoms with Crippen molar-refractivity contribution in [3.63, 3.8) is 0 Å². The predicted octanol–water partition coefficient (Wildman–Crippen LogP) is 1.06. The third-order valence-electron chi connectivity index (χ3n) is 2.99. The Labute approximate surface area is 107 Å². The minimum absolute atomic E-state index is 0.0670. The van der Waals surface area contributed by atoms with Crippen LogP contribution in [-0.2, 0) is 15.6 Å². The molecule has 1 aliphatic rings. The van der Waals surface area contributed by atoms with Gasteiger partial charge in [-0.3, -0.25) is 0 Å². The van der Waals surface area contributed by atoms with Gasteiger partial charge in [-0.1, -0.05) is 36.4 Å². The maximum absolute atomic E-state index is 12.3. The Hall–Kier alpha value is -1.59. The molecule has 5 heteroatoms. The summed E-state index contributed by atoms with van der Waals surface area (Å²) in [5.74, 6) is -0.0670. The lowest BCUT2D eigenvalue weighted by Gasteiger charge is -2.27. The molecule has 0 aliphatic heterocycles. The first kappa shape index (κ1) is 12.9. The van der Waals surface area contributed by atoms with Gasteiger partial charge in [-0.25, -0.2) is 8.42 Å². The van der Waals surface area contributed by atoms with E-state index in [9.17, 15) is 8.42 Å². The van der Waals surface area contributed by atoms with Crippen molar-refractivity contribution < 1.29 is 8.42 Å². The molecule has 0 heterocycles. The van der Waals surface area contributed by atoms with Crippen molar-refractivity contribution in [2.75, 3.05) is 0 Å². The zero-order valence-electron chi connectivity index (χ0n) is 9.91. The summed E-state index contributed by atoms with van der Waals surface area (Å²) in [4.78, 5) is -1.36. The Morgan fingerprint density at radius 3 is 2.44 bits per heavy atom. The van der Waals surface area contributed by atoms with Crippen LogP contribution >= 0.6 is 0 Å². The molecular weight excluding hydrogens is 248 g/mol. The third kappa shape index (κ3) is 2.47. The van der Waals surface area contributed by atoms with E-state index in [-0.39, 0.29) is 12.2 Å². The van der Waals surface area contributed by atoms with Gasteiger partial charge >= 0.3 is 0 Å². The van der Waals surface area contributed by atoms with Gasteiger partial charge in [0.15, 0.2) is 9.84 Å². The average Bonchev–Trinajstić information content (AvgIpc) is 2.34. The van der Waals surface area contributed by atoms with Gasteiger partial charge < -0.3 is 11.5 Å². The molecule has 18 heavy (non-hydrogen) atoms. The first-order valence-corrected chi connectivity index (χ1v) is 7.28. The van der Waals surface area contributed by atoms with Crippen molar-refractivity contribution >= 4 is 9.84 Å². The molecule has 0 saturated heterocycles. The van der Waals surface area contributed by atoms with E-state index in [4.69, 9.17) is 11.5 Å². The van der Waals surface area contributed by atoms with Crippen LogP contribution in [0.2, 0.25) is 0 Å². The monoisotopic (exact) mass is 264 g/mol. The maximum atomic E-state index is 12.3. The molecule has 1 unspecified atom stereocenters. The molecule has 0 radical (unpaired) electrons. The van der Waals surface area contributed by atoms with E-state index in [1.165, 1.54) is 6.08 Å². The molecule has 0 spiro atoms. The van der Waals surface area contributed by atoms with Crippen LogP contribution in [0.4, 0.5) is 0 Å². The third-order valence-corrected chi connectivity index (χ3v) is 5.17. The zero-order chi connectivity index (χ0) is 13.2. The number of hydrogen-bond donors (Lipinski definition) is 2. The molecule has 4 nitrogen and oxygen atoms in total. The summed E-state index contributed by atoms with van der Waals surface area (Å²) in [5, 5.41) is 0. The van der Waals surface area contributed by atoms with Gasteiger partial charge in [-0.05, 0) is 17.7 Å². The largest absolute Gasteiger partial charge is 0.399 e. The van der Waals surface area contributed by atoms with Gasteiger partial charge in [0.05, 0.1) is 5.75 Å². The molecule has 0 amide bonds. The fourth-order valence-corrected chi connectivity index (χ4v) is 3.32. The minimum atomic E-state index is -3.47.